The Morgan fingerprint density at radius 1 is 1.16 bits per heavy atom. The zero-order valence-electron chi connectivity index (χ0n) is 17.9. The molecule has 0 unspecified atom stereocenters. The molecule has 166 valence electrons. The Morgan fingerprint density at radius 2 is 1.94 bits per heavy atom. The largest absolute Gasteiger partial charge is 0.485 e. The summed E-state index contributed by atoms with van der Waals surface area (Å²) >= 11 is 1.29. The summed E-state index contributed by atoms with van der Waals surface area (Å²) < 4.78 is 13.2. The van der Waals surface area contributed by atoms with Crippen molar-refractivity contribution < 1.29 is 14.3 Å². The zero-order valence-corrected chi connectivity index (χ0v) is 18.7. The minimum Gasteiger partial charge on any atom is -0.485 e. The van der Waals surface area contributed by atoms with Crippen molar-refractivity contribution in [3.8, 4) is 22.9 Å². The van der Waals surface area contributed by atoms with Gasteiger partial charge in [-0.25, -0.2) is 0 Å². The fourth-order valence-corrected chi connectivity index (χ4v) is 3.78. The molecule has 3 rings (SSSR count). The van der Waals surface area contributed by atoms with Gasteiger partial charge in [-0.3, -0.25) is 4.79 Å². The molecule has 1 heterocycles. The second-order valence-corrected chi connectivity index (χ2v) is 7.68. The number of thioether (sulfide) groups is 1. The summed E-state index contributed by atoms with van der Waals surface area (Å²) in [5.41, 5.74) is 2.07. The number of rotatable bonds is 12. The highest BCUT2D eigenvalue weighted by molar-refractivity contribution is 7.99. The van der Waals surface area contributed by atoms with Gasteiger partial charge in [0.15, 0.2) is 11.0 Å². The lowest BCUT2D eigenvalue weighted by molar-refractivity contribution is -0.118. The first kappa shape index (κ1) is 23.3. The van der Waals surface area contributed by atoms with Gasteiger partial charge in [0.05, 0.1) is 24.8 Å². The van der Waals surface area contributed by atoms with Gasteiger partial charge in [0.2, 0.25) is 5.91 Å². The third-order valence-electron chi connectivity index (χ3n) is 4.53. The zero-order chi connectivity index (χ0) is 22.6. The Bertz CT molecular complexity index is 1050. The first-order valence-corrected chi connectivity index (χ1v) is 11.2. The Morgan fingerprint density at radius 3 is 2.72 bits per heavy atom. The molecule has 1 N–H and O–H groups in total. The minimum absolute atomic E-state index is 0.152. The highest BCUT2D eigenvalue weighted by Gasteiger charge is 2.15. The van der Waals surface area contributed by atoms with Gasteiger partial charge in [0.25, 0.3) is 0 Å². The monoisotopic (exact) mass is 451 g/mol. The van der Waals surface area contributed by atoms with Crippen molar-refractivity contribution in [3.05, 3.63) is 60.4 Å². The van der Waals surface area contributed by atoms with Gasteiger partial charge in [-0.15, -0.1) is 10.2 Å². The molecule has 1 aromatic heterocycles. The van der Waals surface area contributed by atoms with Gasteiger partial charge in [-0.05, 0) is 11.6 Å². The highest BCUT2D eigenvalue weighted by Crippen LogP contribution is 2.30. The molecule has 1 amide bonds. The quantitative estimate of drug-likeness (QED) is 0.333. The number of amides is 1. The second kappa shape index (κ2) is 12.5. The maximum atomic E-state index is 12.0. The normalized spacial score (nSPS) is 10.5. The third-order valence-corrected chi connectivity index (χ3v) is 5.50. The van der Waals surface area contributed by atoms with E-state index in [4.69, 9.17) is 14.7 Å². The number of carbonyl (C=O) groups excluding carboxylic acids is 1. The highest BCUT2D eigenvalue weighted by atomic mass is 32.2. The fourth-order valence-electron chi connectivity index (χ4n) is 2.97. The van der Waals surface area contributed by atoms with Crippen LogP contribution in [0.4, 0.5) is 0 Å². The van der Waals surface area contributed by atoms with Crippen LogP contribution in [0, 0.1) is 11.3 Å². The summed E-state index contributed by atoms with van der Waals surface area (Å²) in [5.74, 6) is 1.44. The van der Waals surface area contributed by atoms with Crippen LogP contribution in [0.2, 0.25) is 0 Å². The average Bonchev–Trinajstić information content (AvgIpc) is 3.22. The molecule has 8 nitrogen and oxygen atoms in total. The second-order valence-electron chi connectivity index (χ2n) is 6.74. The number of hydrogen-bond donors (Lipinski definition) is 1. The van der Waals surface area contributed by atoms with E-state index in [-0.39, 0.29) is 24.7 Å². The number of nitriles is 1. The van der Waals surface area contributed by atoms with Crippen molar-refractivity contribution in [2.45, 2.75) is 24.7 Å². The first-order valence-electron chi connectivity index (χ1n) is 10.2. The van der Waals surface area contributed by atoms with Gasteiger partial charge < -0.3 is 19.4 Å². The molecule has 0 saturated carbocycles. The average molecular weight is 452 g/mol. The molecule has 2 aromatic carbocycles. The summed E-state index contributed by atoms with van der Waals surface area (Å²) in [6.45, 7) is 1.59. The summed E-state index contributed by atoms with van der Waals surface area (Å²) in [6, 6.07) is 19.9. The summed E-state index contributed by atoms with van der Waals surface area (Å²) in [4.78, 5) is 12.0. The molecular weight excluding hydrogens is 426 g/mol. The molecule has 0 aliphatic heterocycles. The van der Waals surface area contributed by atoms with Crippen molar-refractivity contribution in [1.82, 2.24) is 20.1 Å². The topological polar surface area (TPSA) is 102 Å². The van der Waals surface area contributed by atoms with Gasteiger partial charge >= 0.3 is 0 Å². The summed E-state index contributed by atoms with van der Waals surface area (Å²) in [7, 11) is 1.63. The standard InChI is InChI=1S/C23H25N5O3S/c1-30-15-14-28-21(26-27-23(28)32-17-22(29)25-13-7-12-24)16-31-20-11-6-5-10-19(20)18-8-3-2-4-9-18/h2-6,8-11H,7,13-17H2,1H3,(H,25,29). The van der Waals surface area contributed by atoms with E-state index < -0.39 is 0 Å². The molecule has 0 aliphatic carbocycles. The predicted molar refractivity (Wildman–Crippen MR) is 122 cm³/mol. The molecule has 0 atom stereocenters. The summed E-state index contributed by atoms with van der Waals surface area (Å²) in [6.07, 6.45) is 0.284. The molecule has 0 fully saturated rings. The van der Waals surface area contributed by atoms with Crippen LogP contribution in [-0.2, 0) is 22.7 Å². The molecule has 0 spiro atoms. The smallest absolute Gasteiger partial charge is 0.230 e. The van der Waals surface area contributed by atoms with Crippen molar-refractivity contribution in [2.24, 2.45) is 0 Å². The number of aromatic nitrogens is 3. The van der Waals surface area contributed by atoms with Gasteiger partial charge in [0, 0.05) is 25.8 Å². The predicted octanol–water partition coefficient (Wildman–Crippen LogP) is 3.29. The Balaban J connectivity index is 1.69. The van der Waals surface area contributed by atoms with Gasteiger partial charge in [0.1, 0.15) is 12.4 Å². The third kappa shape index (κ3) is 6.57. The van der Waals surface area contributed by atoms with Gasteiger partial charge in [-0.2, -0.15) is 5.26 Å². The van der Waals surface area contributed by atoms with Crippen molar-refractivity contribution in [1.29, 1.82) is 5.26 Å². The van der Waals surface area contributed by atoms with Gasteiger partial charge in [-0.1, -0.05) is 60.3 Å². The Kier molecular flexibility index (Phi) is 9.10. The molecule has 0 saturated heterocycles. The molecule has 0 radical (unpaired) electrons. The number of para-hydroxylation sites is 1. The molecule has 32 heavy (non-hydrogen) atoms. The maximum absolute atomic E-state index is 12.0. The van der Waals surface area contributed by atoms with E-state index in [0.29, 0.717) is 30.7 Å². The Hall–Kier alpha value is -3.35. The van der Waals surface area contributed by atoms with Crippen LogP contribution in [-0.4, -0.2) is 46.7 Å². The van der Waals surface area contributed by atoms with Crippen LogP contribution in [0.5, 0.6) is 5.75 Å². The van der Waals surface area contributed by atoms with E-state index in [1.807, 2.05) is 65.2 Å². The van der Waals surface area contributed by atoms with Crippen LogP contribution < -0.4 is 10.1 Å². The molecule has 3 aromatic rings. The molecule has 0 aliphatic rings. The van der Waals surface area contributed by atoms with E-state index in [9.17, 15) is 4.79 Å². The lowest BCUT2D eigenvalue weighted by atomic mass is 10.1. The van der Waals surface area contributed by atoms with Crippen LogP contribution in [0.1, 0.15) is 12.2 Å². The van der Waals surface area contributed by atoms with E-state index in [1.54, 1.807) is 7.11 Å². The number of benzene rings is 2. The summed E-state index contributed by atoms with van der Waals surface area (Å²) in [5, 5.41) is 20.4. The number of nitrogens with zero attached hydrogens (tertiary/aromatic N) is 4. The SMILES string of the molecule is COCCn1c(COc2ccccc2-c2ccccc2)nnc1SCC(=O)NCCC#N. The number of nitrogens with one attached hydrogen (secondary N) is 1. The lowest BCUT2D eigenvalue weighted by Crippen LogP contribution is -2.26. The number of ether oxygens (including phenoxy) is 2. The molecular formula is C23H25N5O3S. The minimum atomic E-state index is -0.152. The number of methoxy groups -OCH3 is 1. The van der Waals surface area contributed by atoms with Crippen LogP contribution in [0.3, 0.4) is 0 Å². The fraction of sp³-hybridized carbons (Fsp3) is 0.304. The van der Waals surface area contributed by atoms with Crippen molar-refractivity contribution >= 4 is 17.7 Å². The molecule has 9 heteroatoms. The van der Waals surface area contributed by atoms with Crippen LogP contribution in [0.25, 0.3) is 11.1 Å². The van der Waals surface area contributed by atoms with Crippen LogP contribution >= 0.6 is 11.8 Å². The number of carbonyl (C=O) groups is 1. The molecule has 0 bridgehead atoms. The number of hydrogen-bond acceptors (Lipinski definition) is 7. The van der Waals surface area contributed by atoms with Crippen molar-refractivity contribution in [2.75, 3.05) is 26.0 Å². The van der Waals surface area contributed by atoms with E-state index in [2.05, 4.69) is 15.5 Å². The Labute approximate surface area is 191 Å². The van der Waals surface area contributed by atoms with E-state index >= 15 is 0 Å². The lowest BCUT2D eigenvalue weighted by Gasteiger charge is -2.13. The van der Waals surface area contributed by atoms with Crippen LogP contribution in [0.15, 0.2) is 59.8 Å². The van der Waals surface area contributed by atoms with E-state index in [1.165, 1.54) is 11.8 Å². The van der Waals surface area contributed by atoms with Crippen molar-refractivity contribution in [3.63, 3.8) is 0 Å². The maximum Gasteiger partial charge on any atom is 0.230 e. The first-order chi connectivity index (χ1) is 15.7. The van der Waals surface area contributed by atoms with E-state index in [0.717, 1.165) is 16.9 Å².